The molecule has 3 aromatic rings. The monoisotopic (exact) mass is 448 g/mol. The first-order valence-electron chi connectivity index (χ1n) is 10.9. The molecule has 0 amide bonds. The molecule has 0 N–H and O–H groups in total. The minimum Gasteiger partial charge on any atom is -0.481 e. The molecular formula is C26H26F2N4O. The van der Waals surface area contributed by atoms with Crippen LogP contribution in [-0.4, -0.2) is 41.8 Å². The topological polar surface area (TPSA) is 50.6 Å². The van der Waals surface area contributed by atoms with Gasteiger partial charge in [-0.05, 0) is 6.42 Å². The van der Waals surface area contributed by atoms with Crippen molar-refractivity contribution in [2.45, 2.75) is 18.8 Å². The second-order valence-electron chi connectivity index (χ2n) is 7.94. The van der Waals surface area contributed by atoms with Gasteiger partial charge in [-0.25, -0.2) is 13.8 Å². The molecular weight excluding hydrogens is 422 g/mol. The number of hydrogen-bond donors (Lipinski definition) is 0. The molecule has 1 atom stereocenters. The number of ether oxygens (including phenoxy) is 1. The molecule has 2 heterocycles. The van der Waals surface area contributed by atoms with Crippen molar-refractivity contribution in [2.24, 2.45) is 10.9 Å². The Bertz CT molecular complexity index is 1080. The average molecular weight is 449 g/mol. The van der Waals surface area contributed by atoms with E-state index < -0.39 is 11.8 Å². The highest BCUT2D eigenvalue weighted by Crippen LogP contribution is 2.37. The number of benzene rings is 2. The lowest BCUT2D eigenvalue weighted by Crippen LogP contribution is -2.47. The third-order valence-electron chi connectivity index (χ3n) is 5.69. The Kier molecular flexibility index (Phi) is 6.77. The minimum atomic E-state index is -2.74. The Morgan fingerprint density at radius 2 is 1.76 bits per heavy atom. The van der Waals surface area contributed by atoms with E-state index in [9.17, 15) is 8.78 Å². The second kappa shape index (κ2) is 9.90. The molecule has 1 aromatic heterocycles. The number of anilines is 1. The largest absolute Gasteiger partial charge is 0.481 e. The minimum absolute atomic E-state index is 0.138. The lowest BCUT2D eigenvalue weighted by Gasteiger charge is -2.38. The van der Waals surface area contributed by atoms with Gasteiger partial charge in [0.2, 0.25) is 11.8 Å². The summed E-state index contributed by atoms with van der Waals surface area (Å²) in [4.78, 5) is 15.7. The first-order chi connectivity index (χ1) is 16.0. The molecule has 0 aliphatic carbocycles. The zero-order valence-electron chi connectivity index (χ0n) is 18.5. The predicted molar refractivity (Wildman–Crippen MR) is 127 cm³/mol. The summed E-state index contributed by atoms with van der Waals surface area (Å²) in [6.45, 7) is 3.92. The fourth-order valence-electron chi connectivity index (χ4n) is 3.92. The van der Waals surface area contributed by atoms with E-state index in [0.717, 1.165) is 16.8 Å². The van der Waals surface area contributed by atoms with Crippen molar-refractivity contribution in [1.29, 1.82) is 0 Å². The normalized spacial score (nSPS) is 17.3. The standard InChI is InChI=1S/C26H26F2N4O/c1-3-10-21-18-32(16-15-26(21,27)28)25-30-22(17-23(31-25)33-2)29-24(19-11-6-4-7-12-19)20-13-8-5-9-14-20/h3-9,11-14,17,21H,1,10,15-16,18H2,2H3. The van der Waals surface area contributed by atoms with Gasteiger partial charge in [0.05, 0.1) is 12.8 Å². The Balaban J connectivity index is 1.74. The Morgan fingerprint density at radius 1 is 1.12 bits per heavy atom. The summed E-state index contributed by atoms with van der Waals surface area (Å²) in [6, 6.07) is 21.3. The summed E-state index contributed by atoms with van der Waals surface area (Å²) in [5, 5.41) is 0. The third kappa shape index (κ3) is 5.25. The first kappa shape index (κ1) is 22.6. The molecule has 0 bridgehead atoms. The number of halogens is 2. The summed E-state index contributed by atoms with van der Waals surface area (Å²) in [6.07, 6.45) is 1.50. The summed E-state index contributed by atoms with van der Waals surface area (Å²) in [5.41, 5.74) is 2.62. The van der Waals surface area contributed by atoms with E-state index in [1.807, 2.05) is 60.7 Å². The number of alkyl halides is 2. The summed E-state index contributed by atoms with van der Waals surface area (Å²) in [7, 11) is 1.51. The highest BCUT2D eigenvalue weighted by atomic mass is 19.3. The summed E-state index contributed by atoms with van der Waals surface area (Å²) in [5.74, 6) is -2.51. The van der Waals surface area contributed by atoms with Crippen LogP contribution < -0.4 is 9.64 Å². The van der Waals surface area contributed by atoms with Gasteiger partial charge in [0.1, 0.15) is 0 Å². The molecule has 170 valence electrons. The maximum Gasteiger partial charge on any atom is 0.254 e. The molecule has 0 spiro atoms. The quantitative estimate of drug-likeness (QED) is 0.344. The maximum absolute atomic E-state index is 14.4. The first-order valence-corrected chi connectivity index (χ1v) is 10.9. The van der Waals surface area contributed by atoms with Crippen LogP contribution in [0.2, 0.25) is 0 Å². The summed E-state index contributed by atoms with van der Waals surface area (Å²) >= 11 is 0. The smallest absolute Gasteiger partial charge is 0.254 e. The lowest BCUT2D eigenvalue weighted by molar-refractivity contribution is -0.0710. The maximum atomic E-state index is 14.4. The number of aromatic nitrogens is 2. The highest BCUT2D eigenvalue weighted by Gasteiger charge is 2.43. The fraction of sp³-hybridized carbons (Fsp3) is 0.269. The average Bonchev–Trinajstić information content (AvgIpc) is 2.84. The van der Waals surface area contributed by atoms with Crippen LogP contribution in [0.4, 0.5) is 20.5 Å². The van der Waals surface area contributed by atoms with Gasteiger partial charge >= 0.3 is 0 Å². The number of rotatable bonds is 7. The van der Waals surface area contributed by atoms with E-state index in [1.54, 1.807) is 11.0 Å². The second-order valence-corrected chi connectivity index (χ2v) is 7.94. The molecule has 1 unspecified atom stereocenters. The van der Waals surface area contributed by atoms with Gasteiger partial charge in [0.25, 0.3) is 5.92 Å². The molecule has 1 fully saturated rings. The van der Waals surface area contributed by atoms with Gasteiger partial charge in [0.15, 0.2) is 5.82 Å². The van der Waals surface area contributed by atoms with Crippen LogP contribution in [0.3, 0.4) is 0 Å². The summed E-state index contributed by atoms with van der Waals surface area (Å²) < 4.78 is 34.1. The number of nitrogens with zero attached hydrogens (tertiary/aromatic N) is 4. The van der Waals surface area contributed by atoms with Gasteiger partial charge in [-0.2, -0.15) is 9.97 Å². The van der Waals surface area contributed by atoms with Crippen molar-refractivity contribution < 1.29 is 13.5 Å². The van der Waals surface area contributed by atoms with Crippen LogP contribution in [0.25, 0.3) is 0 Å². The van der Waals surface area contributed by atoms with Crippen LogP contribution >= 0.6 is 0 Å². The Labute approximate surface area is 192 Å². The number of aliphatic imine (C=N–C) groups is 1. The van der Waals surface area contributed by atoms with Crippen molar-refractivity contribution in [3.8, 4) is 5.88 Å². The molecule has 33 heavy (non-hydrogen) atoms. The van der Waals surface area contributed by atoms with Crippen LogP contribution in [0, 0.1) is 5.92 Å². The van der Waals surface area contributed by atoms with E-state index in [0.29, 0.717) is 17.6 Å². The van der Waals surface area contributed by atoms with Gasteiger partial charge in [-0.3, -0.25) is 0 Å². The van der Waals surface area contributed by atoms with Crippen molar-refractivity contribution in [2.75, 3.05) is 25.1 Å². The molecule has 0 saturated carbocycles. The number of methoxy groups -OCH3 is 1. The van der Waals surface area contributed by atoms with Crippen LogP contribution in [-0.2, 0) is 0 Å². The molecule has 7 heteroatoms. The SMILES string of the molecule is C=CCC1CN(c2nc(N=C(c3ccccc3)c3ccccc3)cc(OC)n2)CCC1(F)F. The Morgan fingerprint density at radius 3 is 2.33 bits per heavy atom. The predicted octanol–water partition coefficient (Wildman–Crippen LogP) is 5.69. The Hall–Kier alpha value is -3.61. The molecule has 1 aliphatic rings. The third-order valence-corrected chi connectivity index (χ3v) is 5.69. The molecule has 0 radical (unpaired) electrons. The molecule has 1 aliphatic heterocycles. The van der Waals surface area contributed by atoms with Crippen LogP contribution in [0.15, 0.2) is 84.4 Å². The highest BCUT2D eigenvalue weighted by molar-refractivity contribution is 6.13. The van der Waals surface area contributed by atoms with E-state index in [2.05, 4.69) is 16.5 Å². The van der Waals surface area contributed by atoms with E-state index in [-0.39, 0.29) is 25.9 Å². The lowest BCUT2D eigenvalue weighted by atomic mass is 9.91. The fourth-order valence-corrected chi connectivity index (χ4v) is 3.92. The van der Waals surface area contributed by atoms with Crippen molar-refractivity contribution in [3.05, 3.63) is 90.5 Å². The van der Waals surface area contributed by atoms with Crippen molar-refractivity contribution >= 4 is 17.5 Å². The zero-order chi connectivity index (χ0) is 23.3. The van der Waals surface area contributed by atoms with Crippen LogP contribution in [0.1, 0.15) is 24.0 Å². The van der Waals surface area contributed by atoms with Gasteiger partial charge < -0.3 is 9.64 Å². The van der Waals surface area contributed by atoms with E-state index in [1.165, 1.54) is 13.2 Å². The van der Waals surface area contributed by atoms with Gasteiger partial charge in [-0.15, -0.1) is 6.58 Å². The molecule has 2 aromatic carbocycles. The van der Waals surface area contributed by atoms with Crippen molar-refractivity contribution in [3.63, 3.8) is 0 Å². The van der Waals surface area contributed by atoms with Crippen molar-refractivity contribution in [1.82, 2.24) is 9.97 Å². The van der Waals surface area contributed by atoms with E-state index >= 15 is 0 Å². The number of piperidine rings is 1. The molecule has 5 nitrogen and oxygen atoms in total. The molecule has 1 saturated heterocycles. The number of allylic oxidation sites excluding steroid dienone is 1. The van der Waals surface area contributed by atoms with Gasteiger partial charge in [-0.1, -0.05) is 66.7 Å². The zero-order valence-corrected chi connectivity index (χ0v) is 18.5. The van der Waals surface area contributed by atoms with Crippen LogP contribution in [0.5, 0.6) is 5.88 Å². The van der Waals surface area contributed by atoms with E-state index in [4.69, 9.17) is 9.73 Å². The number of hydrogen-bond acceptors (Lipinski definition) is 5. The van der Waals surface area contributed by atoms with Gasteiger partial charge in [0, 0.05) is 42.6 Å². The molecule has 4 rings (SSSR count).